The third-order valence-corrected chi connectivity index (χ3v) is 27.0. The number of amides is 16. The molecule has 2 aliphatic carbocycles. The maximum atomic E-state index is 15.8. The van der Waals surface area contributed by atoms with Crippen molar-refractivity contribution >= 4 is 136 Å². The number of ketones is 1. The highest BCUT2D eigenvalue weighted by molar-refractivity contribution is 8.00. The number of hydrogen-bond donors (Lipinski definition) is 22. The van der Waals surface area contributed by atoms with Crippen molar-refractivity contribution in [2.45, 2.75) is 261 Å². The Morgan fingerprint density at radius 3 is 1.54 bits per heavy atom. The number of ether oxygens (including phenoxy) is 1. The number of carboxylic acids is 3. The predicted molar refractivity (Wildman–Crippen MR) is 550 cm³/mol. The molecule has 0 bridgehead atoms. The molecule has 2 saturated carbocycles. The van der Waals surface area contributed by atoms with E-state index in [-0.39, 0.29) is 105 Å². The number of hydrogen-bond acceptors (Lipinski definition) is 26. The van der Waals surface area contributed by atoms with Gasteiger partial charge in [0.25, 0.3) is 0 Å². The van der Waals surface area contributed by atoms with Gasteiger partial charge in [-0.25, -0.2) is 9.59 Å². The van der Waals surface area contributed by atoms with E-state index < -0.39 is 283 Å². The average Bonchev–Trinajstić information content (AvgIpc) is 1.83. The number of rotatable bonds is 35. The van der Waals surface area contributed by atoms with Crippen LogP contribution in [0.25, 0.3) is 11.1 Å². The molecule has 0 aromatic heterocycles. The Balaban J connectivity index is 1.25. The number of thioether (sulfide) groups is 1. The Kier molecular flexibility index (Phi) is 47.7. The Bertz CT molecular complexity index is 5530. The van der Waals surface area contributed by atoms with Crippen LogP contribution in [0.2, 0.25) is 0 Å². The molecule has 808 valence electrons. The molecular formula is C104H142N20O24S. The summed E-state index contributed by atoms with van der Waals surface area (Å²) < 4.78 is 5.33. The number of carbonyl (C=O) groups is 20. The zero-order chi connectivity index (χ0) is 109. The number of Topliss-reactive ketones (excluding diaryl/α,β-unsaturated/α-hetero) is 1. The van der Waals surface area contributed by atoms with E-state index in [4.69, 9.17) is 33.4 Å². The third-order valence-electron chi connectivity index (χ3n) is 25.9. The van der Waals surface area contributed by atoms with E-state index in [0.717, 1.165) is 47.1 Å². The summed E-state index contributed by atoms with van der Waals surface area (Å²) in [7, 11) is 1.19. The molecule has 149 heavy (non-hydrogen) atoms. The first kappa shape index (κ1) is 120. The van der Waals surface area contributed by atoms with Crippen molar-refractivity contribution in [2.24, 2.45) is 58.3 Å². The SMILES string of the molecule is Cc1cccc(C[C@@H]2NC(=O)[C@H](CC(=O)O)NC(=O)[C@H](Cc3ccc(OCC(=O)O)cc3)C(=N)C(=O)[C@H](CC3CC3)NC(=O)CSC[C@@H](C(=O)N[C@@H](CCN)C(N)=O)NC(=O)[C@H](CCCN)NC(=O)[C@H](C(C)C)NC(=O)[C@H](CC3CCCCC3)NC(=O)[C@H](CCN)NC(=O)[C@@H](CC(C)C)NC(=O)[C@H](C)N(C)C(=O)[C@H](CCC(N)=O)NC(=O)[C@H](Cc3ccc(-c4ccccc4)cc3)NC(=O)[C@H](Cc3ccc(C(=O)O)cc3)NC2=O)c1. The molecule has 44 nitrogen and oxygen atoms in total. The molecule has 3 aliphatic rings. The number of carboxylic acid groups (broad SMARTS) is 3. The monoisotopic (exact) mass is 2090 g/mol. The first-order valence-corrected chi connectivity index (χ1v) is 51.2. The molecule has 0 radical (unpaired) electrons. The Morgan fingerprint density at radius 2 is 0.993 bits per heavy atom. The predicted octanol–water partition coefficient (Wildman–Crippen LogP) is 0.330. The van der Waals surface area contributed by atoms with Gasteiger partial charge in [-0.3, -0.25) is 86.3 Å². The van der Waals surface area contributed by atoms with E-state index in [1.54, 1.807) is 83.1 Å². The second-order valence-electron chi connectivity index (χ2n) is 38.8. The maximum Gasteiger partial charge on any atom is 0.341 e. The van der Waals surface area contributed by atoms with Crippen LogP contribution in [-0.2, 0) is 117 Å². The van der Waals surface area contributed by atoms with Crippen LogP contribution in [0.5, 0.6) is 5.75 Å². The number of nitrogens with two attached hydrogens (primary N) is 5. The van der Waals surface area contributed by atoms with Crippen LogP contribution in [-0.4, -0.2) is 274 Å². The van der Waals surface area contributed by atoms with Gasteiger partial charge in [0.2, 0.25) is 94.5 Å². The van der Waals surface area contributed by atoms with Gasteiger partial charge in [-0.05, 0) is 173 Å². The fourth-order valence-electron chi connectivity index (χ4n) is 17.3. The highest BCUT2D eigenvalue weighted by atomic mass is 32.2. The molecule has 8 rings (SSSR count). The van der Waals surface area contributed by atoms with E-state index >= 15 is 38.4 Å². The minimum Gasteiger partial charge on any atom is -0.482 e. The van der Waals surface area contributed by atoms with Gasteiger partial charge in [0.15, 0.2) is 12.4 Å². The number of aryl methyl sites for hydroxylation is 1. The normalized spacial score (nSPS) is 23.4. The molecule has 0 unspecified atom stereocenters. The molecule has 27 N–H and O–H groups in total. The van der Waals surface area contributed by atoms with Gasteiger partial charge >= 0.3 is 17.9 Å². The number of aliphatic carboxylic acids is 2. The second kappa shape index (κ2) is 59.4. The lowest BCUT2D eigenvalue weighted by Crippen LogP contribution is -2.61. The van der Waals surface area contributed by atoms with Crippen LogP contribution in [0.1, 0.15) is 182 Å². The molecule has 1 saturated heterocycles. The summed E-state index contributed by atoms with van der Waals surface area (Å²) in [5, 5.41) is 74.1. The molecule has 5 aromatic rings. The first-order chi connectivity index (χ1) is 70.8. The molecule has 15 atom stereocenters. The van der Waals surface area contributed by atoms with Crippen LogP contribution in [0.15, 0.2) is 127 Å². The topological polar surface area (TPSA) is 725 Å². The number of nitrogens with zero attached hydrogens (tertiary/aromatic N) is 1. The fourth-order valence-corrected chi connectivity index (χ4v) is 18.2. The van der Waals surface area contributed by atoms with Crippen molar-refractivity contribution in [2.75, 3.05) is 44.8 Å². The molecule has 1 aliphatic heterocycles. The molecule has 1 heterocycles. The van der Waals surface area contributed by atoms with E-state index in [1.165, 1.54) is 62.5 Å². The number of carbonyl (C=O) groups excluding carboxylic acids is 17. The largest absolute Gasteiger partial charge is 0.482 e. The van der Waals surface area contributed by atoms with Crippen LogP contribution < -0.4 is 103 Å². The van der Waals surface area contributed by atoms with Crippen molar-refractivity contribution in [3.05, 3.63) is 161 Å². The van der Waals surface area contributed by atoms with E-state index in [9.17, 15) is 78.3 Å². The lowest BCUT2D eigenvalue weighted by atomic mass is 9.84. The van der Waals surface area contributed by atoms with Crippen molar-refractivity contribution in [3.8, 4) is 16.9 Å². The van der Waals surface area contributed by atoms with Crippen molar-refractivity contribution < 1.29 is 116 Å². The summed E-state index contributed by atoms with van der Waals surface area (Å²) in [5.74, 6) is -26.7. The van der Waals surface area contributed by atoms with E-state index in [2.05, 4.69) is 69.1 Å². The lowest BCUT2D eigenvalue weighted by molar-refractivity contribution is -0.143. The van der Waals surface area contributed by atoms with Crippen molar-refractivity contribution in [1.82, 2.24) is 74.0 Å². The van der Waals surface area contributed by atoms with Gasteiger partial charge in [0.1, 0.15) is 84.3 Å². The molecule has 0 spiro atoms. The minimum atomic E-state index is -2.21. The summed E-state index contributed by atoms with van der Waals surface area (Å²) in [6.45, 7) is 8.47. The zero-order valence-electron chi connectivity index (χ0n) is 84.8. The van der Waals surface area contributed by atoms with Crippen LogP contribution in [0.3, 0.4) is 0 Å². The molecule has 45 heteroatoms. The van der Waals surface area contributed by atoms with Crippen LogP contribution in [0, 0.1) is 41.9 Å². The summed E-state index contributed by atoms with van der Waals surface area (Å²) in [6.07, 6.45) is -0.199. The Morgan fingerprint density at radius 1 is 0.490 bits per heavy atom. The molecular weight excluding hydrogens is 1950 g/mol. The summed E-state index contributed by atoms with van der Waals surface area (Å²) >= 11 is 0.723. The van der Waals surface area contributed by atoms with Crippen molar-refractivity contribution in [1.29, 1.82) is 5.41 Å². The number of nitrogens with one attached hydrogen (secondary N) is 14. The molecule has 3 fully saturated rings. The smallest absolute Gasteiger partial charge is 0.341 e. The number of aromatic carboxylic acids is 1. The zero-order valence-corrected chi connectivity index (χ0v) is 85.7. The molecule has 16 amide bonds. The number of likely N-dealkylation sites (N-methyl/N-ethyl adjacent to an activating group) is 1. The third kappa shape index (κ3) is 39.2. The highest BCUT2D eigenvalue weighted by Gasteiger charge is 2.43. The number of primary amides is 2. The van der Waals surface area contributed by atoms with E-state index in [0.29, 0.717) is 42.4 Å². The fraction of sp³-hybridized carbons (Fsp3) is 0.510. The standard InChI is InChI=1S/C104H142N20O24S/c1-56(2)44-76-95(137)113-73(40-43-107)94(136)118-79(48-60-17-10-8-11-18-60)100(142)123-88(57(3)4)102(144)114-72(22-15-41-105)93(135)122-82(101(143)112-71(39-42-106)90(110)132)54-149-55-84(126)111-75(47-62-23-24-62)89(131)87(109)70(46-61-29-35-69(36-30-61)148-53-86(129)130)92(134)117-81(52-85(127)128)99(141)121-80(51-65-19-14-16-58(5)45-65)98(140)120-78(50-64-27-33-68(34-28-64)104(146)147)97(139)119-77(49-63-25-31-67(32-26-63)66-20-12-9-13-21-66)96(138)115-74(37-38-83(108)125)103(145)124(7)59(6)91(133)116-76/h9,12-14,16,19-21,25-36,45,56-57,59-60,62,70-82,88,109H,8,10-11,15,17-18,22-24,37-44,46-55,105-107H2,1-7H3,(H2,108,125)(H2,110,132)(H,111,126)(H,112,143)(H,113,137)(H,114,144)(H,115,138)(H,116,133)(H,117,134)(H,118,136)(H,119,139)(H,120,140)(H,121,141)(H,122,135)(H,123,142)(H,127,128)(H,129,130)(H,146,147)/t59-,70+,71-,72-,73-,74-,75-,76+,77-,78-,79-,80-,81-,82-,88-/m0/s1. The highest BCUT2D eigenvalue weighted by Crippen LogP contribution is 2.35. The minimum absolute atomic E-state index is 0.0220. The van der Waals surface area contributed by atoms with E-state index in [1.807, 2.05) is 30.3 Å². The van der Waals surface area contributed by atoms with Gasteiger partial charge in [0, 0.05) is 38.5 Å². The van der Waals surface area contributed by atoms with Crippen molar-refractivity contribution in [3.63, 3.8) is 0 Å². The van der Waals surface area contributed by atoms with Crippen LogP contribution in [0.4, 0.5) is 0 Å². The Labute approximate surface area is 868 Å². The van der Waals surface area contributed by atoms with Gasteiger partial charge in [-0.15, -0.1) is 11.8 Å². The Hall–Kier alpha value is -14.6. The summed E-state index contributed by atoms with van der Waals surface area (Å²) in [5.41, 5.74) is 31.4. The average molecular weight is 2090 g/mol. The van der Waals surface area contributed by atoms with Gasteiger partial charge in [0.05, 0.1) is 35.4 Å². The lowest BCUT2D eigenvalue weighted by Gasteiger charge is -2.32. The summed E-state index contributed by atoms with van der Waals surface area (Å²) in [4.78, 5) is 291. The van der Waals surface area contributed by atoms with Gasteiger partial charge < -0.3 is 128 Å². The quantitative estimate of drug-likeness (QED) is 0.0260. The van der Waals surface area contributed by atoms with Gasteiger partial charge in [-0.2, -0.15) is 0 Å². The molecule has 5 aromatic carbocycles. The first-order valence-electron chi connectivity index (χ1n) is 50.1. The van der Waals surface area contributed by atoms with Crippen LogP contribution >= 0.6 is 11.8 Å². The summed E-state index contributed by atoms with van der Waals surface area (Å²) in [6, 6.07) is 9.76. The second-order valence-corrected chi connectivity index (χ2v) is 39.9. The maximum absolute atomic E-state index is 15.8. The number of benzene rings is 5. The van der Waals surface area contributed by atoms with Gasteiger partial charge in [-0.1, -0.05) is 181 Å².